The normalized spacial score (nSPS) is 15.0. The maximum absolute atomic E-state index is 13.3. The van der Waals surface area contributed by atoms with Crippen LogP contribution in [0, 0.1) is 5.82 Å². The topological polar surface area (TPSA) is 60.2 Å². The van der Waals surface area contributed by atoms with Crippen LogP contribution in [0.2, 0.25) is 5.02 Å². The van der Waals surface area contributed by atoms with E-state index in [9.17, 15) is 4.39 Å². The van der Waals surface area contributed by atoms with Crippen molar-refractivity contribution in [3.63, 3.8) is 0 Å². The second-order valence-corrected chi connectivity index (χ2v) is 7.12. The highest BCUT2D eigenvalue weighted by atomic mass is 35.5. The molecule has 140 valence electrons. The summed E-state index contributed by atoms with van der Waals surface area (Å²) in [5.41, 5.74) is 1.58. The number of aromatic nitrogens is 3. The molecule has 0 atom stereocenters. The van der Waals surface area contributed by atoms with Crippen LogP contribution in [0.3, 0.4) is 0 Å². The van der Waals surface area contributed by atoms with Crippen LogP contribution in [0.15, 0.2) is 42.5 Å². The molecule has 1 aliphatic carbocycles. The molecule has 1 saturated carbocycles. The first-order valence-electron chi connectivity index (χ1n) is 8.75. The third-order valence-electron chi connectivity index (χ3n) is 4.99. The van der Waals surface area contributed by atoms with Crippen molar-refractivity contribution >= 4 is 11.6 Å². The Kier molecular flexibility index (Phi) is 4.61. The molecule has 3 aromatic rings. The molecule has 1 heterocycles. The van der Waals surface area contributed by atoms with Gasteiger partial charge in [-0.1, -0.05) is 23.7 Å². The van der Waals surface area contributed by atoms with Gasteiger partial charge in [0.15, 0.2) is 5.82 Å². The Morgan fingerprint density at radius 1 is 1.19 bits per heavy atom. The molecule has 0 spiro atoms. The van der Waals surface area contributed by atoms with Crippen LogP contribution < -0.4 is 4.74 Å². The van der Waals surface area contributed by atoms with Gasteiger partial charge in [-0.15, -0.1) is 10.2 Å². The minimum absolute atomic E-state index is 0.0581. The van der Waals surface area contributed by atoms with Gasteiger partial charge >= 0.3 is 0 Å². The van der Waals surface area contributed by atoms with Crippen LogP contribution in [0.1, 0.15) is 24.2 Å². The summed E-state index contributed by atoms with van der Waals surface area (Å²) < 4.78 is 20.6. The van der Waals surface area contributed by atoms with Crippen LogP contribution in [0.25, 0.3) is 11.4 Å². The van der Waals surface area contributed by atoms with Gasteiger partial charge in [-0.2, -0.15) is 0 Å². The fraction of sp³-hybridized carbons (Fsp3) is 0.300. The highest BCUT2D eigenvalue weighted by Gasteiger charge is 2.50. The maximum Gasteiger partial charge on any atom is 0.165 e. The lowest BCUT2D eigenvalue weighted by atomic mass is 9.95. The van der Waals surface area contributed by atoms with E-state index in [2.05, 4.69) is 10.2 Å². The molecule has 7 heteroatoms. The third kappa shape index (κ3) is 3.19. The highest BCUT2D eigenvalue weighted by Crippen LogP contribution is 2.53. The second kappa shape index (κ2) is 6.94. The fourth-order valence-electron chi connectivity index (χ4n) is 3.45. The summed E-state index contributed by atoms with van der Waals surface area (Å²) in [5.74, 6) is 1.85. The van der Waals surface area contributed by atoms with E-state index < -0.39 is 0 Å². The monoisotopic (exact) mass is 387 g/mol. The molecule has 27 heavy (non-hydrogen) atoms. The molecule has 4 rings (SSSR count). The molecule has 5 nitrogen and oxygen atoms in total. The molecule has 1 fully saturated rings. The van der Waals surface area contributed by atoms with Crippen molar-refractivity contribution in [2.45, 2.75) is 18.3 Å². The van der Waals surface area contributed by atoms with Crippen molar-refractivity contribution in [2.75, 3.05) is 13.2 Å². The minimum atomic E-state index is -0.247. The molecule has 1 aliphatic rings. The summed E-state index contributed by atoms with van der Waals surface area (Å²) in [5, 5.41) is 18.2. The number of hydrogen-bond donors (Lipinski definition) is 1. The molecule has 0 saturated heterocycles. The van der Waals surface area contributed by atoms with E-state index in [-0.39, 0.29) is 24.4 Å². The Labute approximate surface area is 161 Å². The highest BCUT2D eigenvalue weighted by molar-refractivity contribution is 6.33. The quantitative estimate of drug-likeness (QED) is 0.700. The van der Waals surface area contributed by atoms with Crippen molar-refractivity contribution < 1.29 is 14.2 Å². The predicted octanol–water partition coefficient (Wildman–Crippen LogP) is 3.73. The van der Waals surface area contributed by atoms with E-state index in [1.165, 1.54) is 12.1 Å². The molecule has 0 amide bonds. The maximum atomic E-state index is 13.3. The van der Waals surface area contributed by atoms with E-state index in [4.69, 9.17) is 21.4 Å². The molecule has 2 aromatic carbocycles. The van der Waals surface area contributed by atoms with Gasteiger partial charge in [0.1, 0.15) is 24.0 Å². The summed E-state index contributed by atoms with van der Waals surface area (Å²) in [6, 6.07) is 11.9. The van der Waals surface area contributed by atoms with Gasteiger partial charge in [0.2, 0.25) is 0 Å². The SMILES string of the molecule is Cn1c(-c2ccc(OCCO)cc2Cl)nnc1C1(c2ccc(F)cc2)CC1. The van der Waals surface area contributed by atoms with Crippen molar-refractivity contribution in [3.05, 3.63) is 64.7 Å². The van der Waals surface area contributed by atoms with Crippen molar-refractivity contribution in [1.29, 1.82) is 0 Å². The molecule has 0 unspecified atom stereocenters. The predicted molar refractivity (Wildman–Crippen MR) is 100 cm³/mol. The lowest BCUT2D eigenvalue weighted by Gasteiger charge is -2.16. The molecular formula is C20H19ClFN3O2. The van der Waals surface area contributed by atoms with Gasteiger partial charge in [-0.25, -0.2) is 4.39 Å². The van der Waals surface area contributed by atoms with E-state index in [0.29, 0.717) is 16.6 Å². The van der Waals surface area contributed by atoms with Gasteiger partial charge in [0.25, 0.3) is 0 Å². The summed E-state index contributed by atoms with van der Waals surface area (Å²) in [7, 11) is 1.92. The first-order chi connectivity index (χ1) is 13.0. The van der Waals surface area contributed by atoms with Crippen molar-refractivity contribution in [2.24, 2.45) is 7.05 Å². The molecule has 1 N–H and O–H groups in total. The lowest BCUT2D eigenvalue weighted by molar-refractivity contribution is 0.201. The number of aliphatic hydroxyl groups excluding tert-OH is 1. The lowest BCUT2D eigenvalue weighted by Crippen LogP contribution is -2.15. The van der Waals surface area contributed by atoms with E-state index in [0.717, 1.165) is 29.8 Å². The number of halogens is 2. The van der Waals surface area contributed by atoms with Gasteiger partial charge in [-0.3, -0.25) is 0 Å². The number of benzene rings is 2. The third-order valence-corrected chi connectivity index (χ3v) is 5.30. The summed E-state index contributed by atoms with van der Waals surface area (Å²) in [4.78, 5) is 0. The first kappa shape index (κ1) is 17.9. The van der Waals surface area contributed by atoms with E-state index in [1.54, 1.807) is 12.1 Å². The van der Waals surface area contributed by atoms with Crippen LogP contribution >= 0.6 is 11.6 Å². The smallest absolute Gasteiger partial charge is 0.165 e. The van der Waals surface area contributed by atoms with E-state index in [1.807, 2.05) is 29.8 Å². The molecule has 1 aromatic heterocycles. The number of hydrogen-bond acceptors (Lipinski definition) is 4. The summed E-state index contributed by atoms with van der Waals surface area (Å²) >= 11 is 6.42. The molecule has 0 aliphatic heterocycles. The standard InChI is InChI=1S/C20H19ClFN3O2/c1-25-18(16-7-6-15(12-17(16)21)27-11-10-26)23-24-19(25)20(8-9-20)13-2-4-14(22)5-3-13/h2-7,12,26H,8-11H2,1H3. The Balaban J connectivity index is 1.68. The van der Waals surface area contributed by atoms with Gasteiger partial charge < -0.3 is 14.4 Å². The van der Waals surface area contributed by atoms with Crippen molar-refractivity contribution in [3.8, 4) is 17.1 Å². The zero-order chi connectivity index (χ0) is 19.0. The van der Waals surface area contributed by atoms with Crippen LogP contribution in [-0.4, -0.2) is 33.1 Å². The van der Waals surface area contributed by atoms with Crippen molar-refractivity contribution in [1.82, 2.24) is 14.8 Å². The Morgan fingerprint density at radius 3 is 2.56 bits per heavy atom. The second-order valence-electron chi connectivity index (χ2n) is 6.71. The van der Waals surface area contributed by atoms with Crippen LogP contribution in [0.4, 0.5) is 4.39 Å². The Morgan fingerprint density at radius 2 is 1.93 bits per heavy atom. The minimum Gasteiger partial charge on any atom is -0.491 e. The van der Waals surface area contributed by atoms with Gasteiger partial charge in [-0.05, 0) is 48.7 Å². The average molecular weight is 388 g/mol. The Hall–Kier alpha value is -2.44. The summed E-state index contributed by atoms with van der Waals surface area (Å²) in [6.07, 6.45) is 1.90. The van der Waals surface area contributed by atoms with Gasteiger partial charge in [0, 0.05) is 12.6 Å². The zero-order valence-corrected chi connectivity index (χ0v) is 15.6. The number of nitrogens with zero attached hydrogens (tertiary/aromatic N) is 3. The Bertz CT molecular complexity index is 968. The van der Waals surface area contributed by atoms with E-state index >= 15 is 0 Å². The first-order valence-corrected chi connectivity index (χ1v) is 9.12. The van der Waals surface area contributed by atoms with Crippen LogP contribution in [0.5, 0.6) is 5.75 Å². The largest absolute Gasteiger partial charge is 0.491 e. The number of aliphatic hydroxyl groups is 1. The average Bonchev–Trinajstić information content (AvgIpc) is 3.38. The molecule has 0 radical (unpaired) electrons. The van der Waals surface area contributed by atoms with Crippen LogP contribution in [-0.2, 0) is 12.5 Å². The zero-order valence-electron chi connectivity index (χ0n) is 14.8. The molecular weight excluding hydrogens is 369 g/mol. The molecule has 0 bridgehead atoms. The number of ether oxygens (including phenoxy) is 1. The van der Waals surface area contributed by atoms with Gasteiger partial charge in [0.05, 0.1) is 17.0 Å². The summed E-state index contributed by atoms with van der Waals surface area (Å²) in [6.45, 7) is 0.154. The fourth-order valence-corrected chi connectivity index (χ4v) is 3.70. The number of rotatable bonds is 6.